The van der Waals surface area contributed by atoms with E-state index in [-0.39, 0.29) is 6.03 Å². The molecule has 0 aromatic heterocycles. The first-order valence-electron chi connectivity index (χ1n) is 9.01. The number of amides is 2. The van der Waals surface area contributed by atoms with Gasteiger partial charge in [0.05, 0.1) is 19.8 Å². The molecule has 1 N–H and O–H groups in total. The quantitative estimate of drug-likeness (QED) is 0.850. The van der Waals surface area contributed by atoms with Crippen molar-refractivity contribution in [2.24, 2.45) is 0 Å². The fourth-order valence-electron chi connectivity index (χ4n) is 3.41. The Labute approximate surface area is 149 Å². The van der Waals surface area contributed by atoms with Crippen LogP contribution in [0.2, 0.25) is 0 Å². The zero-order valence-electron chi connectivity index (χ0n) is 15.4. The molecule has 2 fully saturated rings. The number of hydrogen-bond acceptors (Lipinski definition) is 4. The van der Waals surface area contributed by atoms with Crippen molar-refractivity contribution in [1.82, 2.24) is 10.2 Å². The number of carbonyl (C=O) groups is 1. The highest BCUT2D eigenvalue weighted by molar-refractivity contribution is 5.74. The van der Waals surface area contributed by atoms with Crippen LogP contribution >= 0.6 is 0 Å². The molecular formula is C19H28N2O4. The lowest BCUT2D eigenvalue weighted by Gasteiger charge is -2.37. The maximum absolute atomic E-state index is 12.3. The van der Waals surface area contributed by atoms with Crippen molar-refractivity contribution in [3.05, 3.63) is 28.8 Å². The fourth-order valence-corrected chi connectivity index (χ4v) is 3.41. The summed E-state index contributed by atoms with van der Waals surface area (Å²) in [5, 5.41) is 2.94. The predicted octanol–water partition coefficient (Wildman–Crippen LogP) is 2.54. The summed E-state index contributed by atoms with van der Waals surface area (Å²) in [5.41, 5.74) is 3.49. The fraction of sp³-hybridized carbons (Fsp3) is 0.632. The van der Waals surface area contributed by atoms with Gasteiger partial charge in [0.15, 0.2) is 5.79 Å². The highest BCUT2D eigenvalue weighted by atomic mass is 16.7. The van der Waals surface area contributed by atoms with Gasteiger partial charge in [0.1, 0.15) is 12.4 Å². The topological polar surface area (TPSA) is 60.0 Å². The molecule has 2 saturated heterocycles. The third-order valence-corrected chi connectivity index (χ3v) is 5.12. The number of benzene rings is 1. The maximum Gasteiger partial charge on any atom is 0.317 e. The Bertz CT molecular complexity index is 616. The minimum atomic E-state index is -0.444. The van der Waals surface area contributed by atoms with Crippen LogP contribution in [0.4, 0.5) is 4.79 Å². The zero-order chi connectivity index (χ0) is 17.9. The van der Waals surface area contributed by atoms with Gasteiger partial charge in [-0.05, 0) is 37.5 Å². The molecule has 6 nitrogen and oxygen atoms in total. The molecule has 2 heterocycles. The highest BCUT2D eigenvalue weighted by Gasteiger charge is 2.40. The van der Waals surface area contributed by atoms with Gasteiger partial charge in [0.2, 0.25) is 0 Å². The molecular weight excluding hydrogens is 320 g/mol. The normalized spacial score (nSPS) is 19.2. The number of nitrogens with zero attached hydrogens (tertiary/aromatic N) is 1. The zero-order valence-corrected chi connectivity index (χ0v) is 15.4. The number of ether oxygens (including phenoxy) is 3. The summed E-state index contributed by atoms with van der Waals surface area (Å²) in [7, 11) is 0. The predicted molar refractivity (Wildman–Crippen MR) is 95.0 cm³/mol. The Hall–Kier alpha value is -1.79. The molecule has 1 spiro atoms. The van der Waals surface area contributed by atoms with Crippen molar-refractivity contribution >= 4 is 6.03 Å². The number of rotatable bonds is 4. The van der Waals surface area contributed by atoms with E-state index in [2.05, 4.69) is 31.3 Å². The minimum absolute atomic E-state index is 0.0471. The molecule has 6 heteroatoms. The van der Waals surface area contributed by atoms with Crippen molar-refractivity contribution in [3.8, 4) is 5.75 Å². The molecule has 0 saturated carbocycles. The Kier molecular flexibility index (Phi) is 5.49. The van der Waals surface area contributed by atoms with Crippen molar-refractivity contribution in [3.63, 3.8) is 0 Å². The maximum atomic E-state index is 12.3. The molecule has 1 aromatic carbocycles. The Morgan fingerprint density at radius 2 is 1.80 bits per heavy atom. The summed E-state index contributed by atoms with van der Waals surface area (Å²) >= 11 is 0. The van der Waals surface area contributed by atoms with Gasteiger partial charge in [-0.1, -0.05) is 12.1 Å². The summed E-state index contributed by atoms with van der Waals surface area (Å²) in [6.45, 7) is 9.74. The molecule has 0 bridgehead atoms. The second-order valence-electron chi connectivity index (χ2n) is 6.83. The van der Waals surface area contributed by atoms with Crippen molar-refractivity contribution < 1.29 is 19.0 Å². The van der Waals surface area contributed by atoms with Gasteiger partial charge in [-0.25, -0.2) is 4.79 Å². The number of carbonyl (C=O) groups excluding carboxylic acids is 1. The third-order valence-electron chi connectivity index (χ3n) is 5.12. The van der Waals surface area contributed by atoms with E-state index in [9.17, 15) is 4.79 Å². The molecule has 2 aliphatic heterocycles. The summed E-state index contributed by atoms with van der Waals surface area (Å²) in [5.74, 6) is 0.477. The van der Waals surface area contributed by atoms with Crippen molar-refractivity contribution in [1.29, 1.82) is 0 Å². The second kappa shape index (κ2) is 7.62. The largest absolute Gasteiger partial charge is 0.491 e. The van der Waals surface area contributed by atoms with Crippen LogP contribution in [-0.4, -0.2) is 56.2 Å². The lowest BCUT2D eigenvalue weighted by atomic mass is 10.0. The number of piperidine rings is 1. The SMILES string of the molecule is Cc1ccc(C)c(OCCNC(=O)N2CCC3(CC2)OCCO3)c1C. The molecule has 0 unspecified atom stereocenters. The van der Waals surface area contributed by atoms with E-state index in [0.717, 1.165) is 29.7 Å². The molecule has 0 aliphatic carbocycles. The second-order valence-corrected chi connectivity index (χ2v) is 6.83. The summed E-state index contributed by atoms with van der Waals surface area (Å²) < 4.78 is 17.3. The molecule has 0 atom stereocenters. The van der Waals surface area contributed by atoms with Crippen LogP contribution in [0.1, 0.15) is 29.5 Å². The van der Waals surface area contributed by atoms with Crippen molar-refractivity contribution in [2.75, 3.05) is 39.5 Å². The molecule has 25 heavy (non-hydrogen) atoms. The molecule has 1 aromatic rings. The number of aryl methyl sites for hydroxylation is 2. The average Bonchev–Trinajstić information content (AvgIpc) is 3.06. The first-order chi connectivity index (χ1) is 12.0. The van der Waals surface area contributed by atoms with Crippen molar-refractivity contribution in [2.45, 2.75) is 39.4 Å². The van der Waals surface area contributed by atoms with Gasteiger partial charge < -0.3 is 24.4 Å². The Balaban J connectivity index is 1.41. The van der Waals surface area contributed by atoms with Gasteiger partial charge in [-0.3, -0.25) is 0 Å². The van der Waals surface area contributed by atoms with Gasteiger partial charge in [-0.15, -0.1) is 0 Å². The van der Waals surface area contributed by atoms with E-state index in [0.29, 0.717) is 39.5 Å². The van der Waals surface area contributed by atoms with E-state index in [1.165, 1.54) is 5.56 Å². The van der Waals surface area contributed by atoms with E-state index < -0.39 is 5.79 Å². The van der Waals surface area contributed by atoms with Gasteiger partial charge in [-0.2, -0.15) is 0 Å². The highest BCUT2D eigenvalue weighted by Crippen LogP contribution is 2.31. The van der Waals surface area contributed by atoms with E-state index >= 15 is 0 Å². The Morgan fingerprint density at radius 1 is 1.16 bits per heavy atom. The molecule has 138 valence electrons. The molecule has 2 aliphatic rings. The van der Waals surface area contributed by atoms with Crippen LogP contribution in [0.15, 0.2) is 12.1 Å². The molecule has 2 amide bonds. The van der Waals surface area contributed by atoms with E-state index in [1.807, 2.05) is 11.8 Å². The van der Waals surface area contributed by atoms with E-state index in [4.69, 9.17) is 14.2 Å². The van der Waals surface area contributed by atoms with Crippen LogP contribution in [0.3, 0.4) is 0 Å². The van der Waals surface area contributed by atoms with Crippen LogP contribution in [0.25, 0.3) is 0 Å². The average molecular weight is 348 g/mol. The number of urea groups is 1. The third kappa shape index (κ3) is 4.07. The number of hydrogen-bond donors (Lipinski definition) is 1. The smallest absolute Gasteiger partial charge is 0.317 e. The van der Waals surface area contributed by atoms with Crippen LogP contribution in [0, 0.1) is 20.8 Å². The van der Waals surface area contributed by atoms with Gasteiger partial charge >= 0.3 is 6.03 Å². The van der Waals surface area contributed by atoms with Gasteiger partial charge in [0, 0.05) is 25.9 Å². The standard InChI is InChI=1S/C19H28N2O4/c1-14-4-5-15(2)17(16(14)3)23-11-8-20-18(22)21-9-6-19(7-10-21)24-12-13-25-19/h4-5H,6-13H2,1-3H3,(H,20,22). The first-order valence-corrected chi connectivity index (χ1v) is 9.01. The summed E-state index contributed by atoms with van der Waals surface area (Å²) in [4.78, 5) is 14.1. The summed E-state index contributed by atoms with van der Waals surface area (Å²) in [6.07, 6.45) is 1.47. The van der Waals surface area contributed by atoms with E-state index in [1.54, 1.807) is 0 Å². The van der Waals surface area contributed by atoms with Crippen LogP contribution in [0.5, 0.6) is 5.75 Å². The molecule has 3 rings (SSSR count). The summed E-state index contributed by atoms with van der Waals surface area (Å²) in [6, 6.07) is 4.11. The van der Waals surface area contributed by atoms with Crippen LogP contribution < -0.4 is 10.1 Å². The number of nitrogens with one attached hydrogen (secondary N) is 1. The van der Waals surface area contributed by atoms with Crippen LogP contribution in [-0.2, 0) is 9.47 Å². The lowest BCUT2D eigenvalue weighted by molar-refractivity contribution is -0.181. The molecule has 0 radical (unpaired) electrons. The van der Waals surface area contributed by atoms with Gasteiger partial charge in [0.25, 0.3) is 0 Å². The number of likely N-dealkylation sites (tertiary alicyclic amines) is 1. The lowest BCUT2D eigenvalue weighted by Crippen LogP contribution is -2.50. The monoisotopic (exact) mass is 348 g/mol. The minimum Gasteiger partial charge on any atom is -0.491 e. The first kappa shape index (κ1) is 18.0. The Morgan fingerprint density at radius 3 is 2.48 bits per heavy atom.